The highest BCUT2D eigenvalue weighted by Gasteiger charge is 2.53. The number of esters is 4. The standard InChI is InChI=1S/C41H35NO10/c1-6-7-17-42-23-29(35-21-32(50-25(3)44)14-15-33(35)34-16-18-48-40(47)39(34)52-27(5)46)22-41(30-11-9-12-31(20-30)49-24(2)43)37(42)19-28-10-8-13-36(38(28)41)51-26(4)45/h1,8-16,18,20-22,37H,7,17,19,23H2,2-5H3. The molecule has 0 bridgehead atoms. The molecule has 3 aromatic carbocycles. The summed E-state index contributed by atoms with van der Waals surface area (Å²) in [5.74, 6) is 1.13. The number of fused-ring (bicyclic) bond motifs is 3. The highest BCUT2D eigenvalue weighted by Crippen LogP contribution is 2.55. The average molecular weight is 702 g/mol. The largest absolute Gasteiger partial charge is 0.429 e. The predicted molar refractivity (Wildman–Crippen MR) is 190 cm³/mol. The fraction of sp³-hybridized carbons (Fsp3) is 0.244. The molecule has 0 spiro atoms. The van der Waals surface area contributed by atoms with Gasteiger partial charge in [0.25, 0.3) is 0 Å². The Morgan fingerprint density at radius 3 is 2.21 bits per heavy atom. The summed E-state index contributed by atoms with van der Waals surface area (Å²) in [6.07, 6.45) is 10.1. The minimum absolute atomic E-state index is 0.236. The molecule has 2 unspecified atom stereocenters. The second-order valence-corrected chi connectivity index (χ2v) is 12.5. The minimum atomic E-state index is -1.02. The van der Waals surface area contributed by atoms with Crippen LogP contribution in [0.4, 0.5) is 0 Å². The molecule has 1 aromatic heterocycles. The molecule has 11 nitrogen and oxygen atoms in total. The molecule has 0 saturated heterocycles. The number of rotatable bonds is 9. The Bertz CT molecular complexity index is 2240. The van der Waals surface area contributed by atoms with Crippen LogP contribution < -0.4 is 24.6 Å². The molecule has 52 heavy (non-hydrogen) atoms. The number of terminal acetylenes is 1. The van der Waals surface area contributed by atoms with E-state index in [1.54, 1.807) is 42.5 Å². The van der Waals surface area contributed by atoms with E-state index in [2.05, 4.69) is 16.9 Å². The summed E-state index contributed by atoms with van der Waals surface area (Å²) >= 11 is 0. The molecular weight excluding hydrogens is 666 g/mol. The second-order valence-electron chi connectivity index (χ2n) is 12.5. The highest BCUT2D eigenvalue weighted by molar-refractivity contribution is 5.88. The van der Waals surface area contributed by atoms with Crippen LogP contribution in [0.1, 0.15) is 56.4 Å². The van der Waals surface area contributed by atoms with Crippen LogP contribution in [0.15, 0.2) is 88.3 Å². The zero-order chi connectivity index (χ0) is 37.2. The SMILES string of the molecule is C#CCCN1CC(c2cc(OC(C)=O)ccc2-c2ccoc(=O)c2OC(C)=O)=CC2(c3cccc(OC(C)=O)c3)c3c(cccc3OC(C)=O)CC12. The van der Waals surface area contributed by atoms with Crippen LogP contribution in [0, 0.1) is 12.3 Å². The first-order chi connectivity index (χ1) is 24.9. The summed E-state index contributed by atoms with van der Waals surface area (Å²) in [4.78, 5) is 64.1. The van der Waals surface area contributed by atoms with Crippen molar-refractivity contribution in [1.29, 1.82) is 0 Å². The van der Waals surface area contributed by atoms with Crippen LogP contribution in [0.3, 0.4) is 0 Å². The van der Waals surface area contributed by atoms with E-state index in [0.29, 0.717) is 48.6 Å². The van der Waals surface area contributed by atoms with Crippen LogP contribution in [0.25, 0.3) is 16.7 Å². The number of carbonyl (C=O) groups excluding carboxylic acids is 4. The molecule has 2 aliphatic rings. The molecule has 1 aliphatic carbocycles. The van der Waals surface area contributed by atoms with Gasteiger partial charge in [0.1, 0.15) is 17.2 Å². The quantitative estimate of drug-likeness (QED) is 0.122. The van der Waals surface area contributed by atoms with Crippen molar-refractivity contribution in [2.75, 3.05) is 13.1 Å². The first kappa shape index (κ1) is 35.6. The third kappa shape index (κ3) is 6.89. The maximum Gasteiger partial charge on any atom is 0.379 e. The Hall–Kier alpha value is -6.25. The van der Waals surface area contributed by atoms with Gasteiger partial charge in [-0.15, -0.1) is 12.3 Å². The van der Waals surface area contributed by atoms with Gasteiger partial charge in [-0.1, -0.05) is 30.3 Å². The lowest BCUT2D eigenvalue weighted by Crippen LogP contribution is -2.52. The Morgan fingerprint density at radius 1 is 0.827 bits per heavy atom. The van der Waals surface area contributed by atoms with Gasteiger partial charge in [-0.3, -0.25) is 24.1 Å². The zero-order valence-corrected chi connectivity index (χ0v) is 29.0. The molecule has 6 rings (SSSR count). The average Bonchev–Trinajstić information content (AvgIpc) is 3.44. The summed E-state index contributed by atoms with van der Waals surface area (Å²) < 4.78 is 27.4. The minimum Gasteiger partial charge on any atom is -0.429 e. The van der Waals surface area contributed by atoms with Crippen LogP contribution >= 0.6 is 0 Å². The number of hydrogen-bond acceptors (Lipinski definition) is 11. The van der Waals surface area contributed by atoms with Crippen LogP contribution in [0.2, 0.25) is 0 Å². The predicted octanol–water partition coefficient (Wildman–Crippen LogP) is 5.64. The zero-order valence-electron chi connectivity index (χ0n) is 29.0. The topological polar surface area (TPSA) is 139 Å². The molecule has 0 N–H and O–H groups in total. The van der Waals surface area contributed by atoms with Gasteiger partial charge in [-0.05, 0) is 76.7 Å². The molecule has 0 fully saturated rings. The van der Waals surface area contributed by atoms with Crippen molar-refractivity contribution in [3.05, 3.63) is 112 Å². The van der Waals surface area contributed by atoms with E-state index >= 15 is 0 Å². The Kier molecular flexibility index (Phi) is 9.95. The van der Waals surface area contributed by atoms with Gasteiger partial charge >= 0.3 is 29.5 Å². The maximum atomic E-state index is 12.9. The van der Waals surface area contributed by atoms with Crippen molar-refractivity contribution in [3.8, 4) is 46.5 Å². The molecule has 0 saturated carbocycles. The lowest BCUT2D eigenvalue weighted by molar-refractivity contribution is -0.133. The van der Waals surface area contributed by atoms with Crippen molar-refractivity contribution in [1.82, 2.24) is 4.90 Å². The third-order valence-corrected chi connectivity index (χ3v) is 9.03. The number of benzene rings is 3. The molecule has 2 atom stereocenters. The Labute approximate surface area is 299 Å². The molecule has 2 heterocycles. The van der Waals surface area contributed by atoms with Crippen molar-refractivity contribution >= 4 is 29.5 Å². The van der Waals surface area contributed by atoms with Crippen LogP contribution in [-0.2, 0) is 31.0 Å². The van der Waals surface area contributed by atoms with Crippen molar-refractivity contribution in [3.63, 3.8) is 0 Å². The summed E-state index contributed by atoms with van der Waals surface area (Å²) in [5, 5.41) is 0. The fourth-order valence-corrected chi connectivity index (χ4v) is 7.34. The summed E-state index contributed by atoms with van der Waals surface area (Å²) in [5.41, 5.74) is 2.58. The number of carbonyl (C=O) groups is 4. The molecule has 11 heteroatoms. The smallest absolute Gasteiger partial charge is 0.379 e. The Balaban J connectivity index is 1.72. The first-order valence-electron chi connectivity index (χ1n) is 16.5. The first-order valence-corrected chi connectivity index (χ1v) is 16.5. The van der Waals surface area contributed by atoms with Crippen LogP contribution in [0.5, 0.6) is 23.0 Å². The number of ether oxygens (including phenoxy) is 4. The third-order valence-electron chi connectivity index (χ3n) is 9.03. The lowest BCUT2D eigenvalue weighted by Gasteiger charge is -2.46. The Morgan fingerprint density at radius 2 is 1.52 bits per heavy atom. The van der Waals surface area contributed by atoms with E-state index in [1.165, 1.54) is 40.0 Å². The van der Waals surface area contributed by atoms with E-state index in [1.807, 2.05) is 18.2 Å². The number of hydrogen-bond donors (Lipinski definition) is 0. The lowest BCUT2D eigenvalue weighted by atomic mass is 9.68. The van der Waals surface area contributed by atoms with E-state index in [-0.39, 0.29) is 23.1 Å². The summed E-state index contributed by atoms with van der Waals surface area (Å²) in [6, 6.07) is 19.0. The second kappa shape index (κ2) is 14.5. The van der Waals surface area contributed by atoms with Gasteiger partial charge in [0.05, 0.1) is 11.7 Å². The van der Waals surface area contributed by atoms with E-state index in [0.717, 1.165) is 22.3 Å². The molecule has 0 amide bonds. The molecule has 4 aromatic rings. The monoisotopic (exact) mass is 701 g/mol. The fourth-order valence-electron chi connectivity index (χ4n) is 7.34. The van der Waals surface area contributed by atoms with E-state index in [4.69, 9.17) is 29.8 Å². The van der Waals surface area contributed by atoms with Gasteiger partial charge in [-0.25, -0.2) is 4.79 Å². The van der Waals surface area contributed by atoms with Gasteiger partial charge in [-0.2, -0.15) is 0 Å². The van der Waals surface area contributed by atoms with Crippen molar-refractivity contribution in [2.24, 2.45) is 0 Å². The van der Waals surface area contributed by atoms with Gasteiger partial charge in [0, 0.05) is 64.4 Å². The van der Waals surface area contributed by atoms with Crippen molar-refractivity contribution in [2.45, 2.75) is 52.0 Å². The van der Waals surface area contributed by atoms with Gasteiger partial charge in [0.15, 0.2) is 0 Å². The van der Waals surface area contributed by atoms with Crippen LogP contribution in [-0.4, -0.2) is 47.9 Å². The highest BCUT2D eigenvalue weighted by atomic mass is 16.6. The maximum absolute atomic E-state index is 12.9. The van der Waals surface area contributed by atoms with E-state index < -0.39 is 34.9 Å². The van der Waals surface area contributed by atoms with Crippen molar-refractivity contribution < 1.29 is 42.5 Å². The molecule has 0 radical (unpaired) electrons. The normalized spacial score (nSPS) is 17.5. The summed E-state index contributed by atoms with van der Waals surface area (Å²) in [6.45, 7) is 5.97. The molecule has 264 valence electrons. The van der Waals surface area contributed by atoms with E-state index in [9.17, 15) is 24.0 Å². The van der Waals surface area contributed by atoms with Gasteiger partial charge in [0.2, 0.25) is 5.75 Å². The number of nitrogens with zero attached hydrogens (tertiary/aromatic N) is 1. The molecule has 1 aliphatic heterocycles. The van der Waals surface area contributed by atoms with Gasteiger partial charge < -0.3 is 23.4 Å². The molecular formula is C41H35NO10. The summed E-state index contributed by atoms with van der Waals surface area (Å²) in [7, 11) is 0.